The summed E-state index contributed by atoms with van der Waals surface area (Å²) in [7, 11) is 0. The van der Waals surface area contributed by atoms with Crippen molar-refractivity contribution in [2.45, 2.75) is 30.4 Å². The quantitative estimate of drug-likeness (QED) is 0.279. The van der Waals surface area contributed by atoms with Gasteiger partial charge in [-0.05, 0) is 0 Å². The van der Waals surface area contributed by atoms with E-state index in [9.17, 15) is 20.5 Å². The van der Waals surface area contributed by atoms with Gasteiger partial charge in [-0.25, -0.2) is 0 Å². The Morgan fingerprint density at radius 1 is 0.786 bits per heavy atom. The van der Waals surface area contributed by atoms with E-state index >= 15 is 0 Å². The molecule has 0 aromatic heterocycles. The predicted molar refractivity (Wildman–Crippen MR) is 43.4 cm³/mol. The van der Waals surface area contributed by atoms with Crippen molar-refractivity contribution in [2.24, 2.45) is 0 Å². The second-order valence-electron chi connectivity index (χ2n) is 3.35. The largest absolute Gasteiger partial charge is 0.395 e. The molecule has 0 saturated carbocycles. The van der Waals surface area contributed by atoms with Crippen LogP contribution >= 0.6 is 0 Å². The van der Waals surface area contributed by atoms with Gasteiger partial charge in [0.1, 0.15) is 18.3 Å². The lowest BCUT2D eigenvalue weighted by molar-refractivity contribution is -0.274. The highest BCUT2D eigenvalue weighted by atomic mass is 16.5. The van der Waals surface area contributed by atoms with Crippen LogP contribution in [0.25, 0.3) is 0 Å². The number of piperidine rings is 1. The van der Waals surface area contributed by atoms with E-state index in [-0.39, 0.29) is 0 Å². The highest BCUT2D eigenvalue weighted by molar-refractivity contribution is 4.96. The van der Waals surface area contributed by atoms with Crippen LogP contribution in [-0.4, -0.2) is 79.4 Å². The first-order valence-corrected chi connectivity index (χ1v) is 4.27. The van der Waals surface area contributed by atoms with Gasteiger partial charge in [-0.15, -0.1) is 0 Å². The van der Waals surface area contributed by atoms with Gasteiger partial charge in [0.25, 0.3) is 0 Å². The molecule has 1 fully saturated rings. The Morgan fingerprint density at radius 3 is 1.43 bits per heavy atom. The lowest BCUT2D eigenvalue weighted by atomic mass is 9.90. The predicted octanol–water partition coefficient (Wildman–Crippen LogP) is -3.50. The standard InChI is InChI=1S/C7H15NO6/c9-1-3-5(11)7(13)6(12)4(2-10)8(3)14/h3-7,9-14H,1-2H2. The molecule has 84 valence electrons. The van der Waals surface area contributed by atoms with Gasteiger partial charge in [0.05, 0.1) is 25.3 Å². The first-order valence-electron chi connectivity index (χ1n) is 4.27. The summed E-state index contributed by atoms with van der Waals surface area (Å²) in [6.45, 7) is -1.17. The van der Waals surface area contributed by atoms with Gasteiger partial charge in [0.15, 0.2) is 0 Å². The monoisotopic (exact) mass is 209 g/mol. The average molecular weight is 209 g/mol. The number of hydrogen-bond donors (Lipinski definition) is 6. The summed E-state index contributed by atoms with van der Waals surface area (Å²) in [6, 6.07) is -2.21. The normalized spacial score (nSPS) is 45.4. The molecule has 1 aliphatic heterocycles. The second-order valence-corrected chi connectivity index (χ2v) is 3.35. The lowest BCUT2D eigenvalue weighted by Gasteiger charge is -2.44. The molecule has 1 heterocycles. The number of aliphatic hydroxyl groups is 5. The summed E-state index contributed by atoms with van der Waals surface area (Å²) in [5.41, 5.74) is 0. The van der Waals surface area contributed by atoms with E-state index in [2.05, 4.69) is 0 Å². The van der Waals surface area contributed by atoms with Gasteiger partial charge in [0, 0.05) is 0 Å². The van der Waals surface area contributed by atoms with Crippen LogP contribution in [0.1, 0.15) is 0 Å². The van der Waals surface area contributed by atoms with Crippen LogP contribution in [-0.2, 0) is 0 Å². The van der Waals surface area contributed by atoms with Crippen molar-refractivity contribution < 1.29 is 30.7 Å². The van der Waals surface area contributed by atoms with E-state index in [0.717, 1.165) is 0 Å². The summed E-state index contributed by atoms with van der Waals surface area (Å²) >= 11 is 0. The summed E-state index contributed by atoms with van der Waals surface area (Å²) in [4.78, 5) is 0. The van der Waals surface area contributed by atoms with E-state index in [1.54, 1.807) is 0 Å². The molecule has 14 heavy (non-hydrogen) atoms. The zero-order valence-corrected chi connectivity index (χ0v) is 7.43. The van der Waals surface area contributed by atoms with Gasteiger partial charge >= 0.3 is 0 Å². The van der Waals surface area contributed by atoms with Gasteiger partial charge in [-0.3, -0.25) is 0 Å². The Balaban J connectivity index is 2.82. The Kier molecular flexibility index (Phi) is 3.78. The fourth-order valence-corrected chi connectivity index (χ4v) is 1.60. The zero-order chi connectivity index (χ0) is 10.9. The minimum absolute atomic E-state index is 0.474. The molecule has 0 spiro atoms. The maximum Gasteiger partial charge on any atom is 0.109 e. The molecule has 0 aromatic carbocycles. The molecule has 1 aliphatic rings. The highest BCUT2D eigenvalue weighted by Crippen LogP contribution is 2.22. The molecular formula is C7H15NO6. The minimum Gasteiger partial charge on any atom is -0.395 e. The number of aliphatic hydroxyl groups excluding tert-OH is 5. The summed E-state index contributed by atoms with van der Waals surface area (Å²) in [5.74, 6) is 0. The van der Waals surface area contributed by atoms with Crippen LogP contribution in [0.3, 0.4) is 0 Å². The number of hydrogen-bond acceptors (Lipinski definition) is 7. The molecule has 7 heteroatoms. The molecule has 0 bridgehead atoms. The van der Waals surface area contributed by atoms with Crippen LogP contribution in [0.15, 0.2) is 0 Å². The molecule has 0 radical (unpaired) electrons. The average Bonchev–Trinajstić information content (AvgIpc) is 2.16. The zero-order valence-electron chi connectivity index (χ0n) is 7.43. The summed E-state index contributed by atoms with van der Waals surface area (Å²) < 4.78 is 0. The smallest absolute Gasteiger partial charge is 0.109 e. The molecule has 4 unspecified atom stereocenters. The SMILES string of the molecule is OCC1C(O)C(O)C(O)C(CO)N1O. The van der Waals surface area contributed by atoms with Crippen molar-refractivity contribution in [1.82, 2.24) is 5.06 Å². The minimum atomic E-state index is -1.49. The van der Waals surface area contributed by atoms with Crippen LogP contribution < -0.4 is 0 Å². The Labute approximate surface area is 80.4 Å². The maximum absolute atomic E-state index is 9.37. The fraction of sp³-hybridized carbons (Fsp3) is 1.00. The van der Waals surface area contributed by atoms with Crippen LogP contribution in [0, 0.1) is 0 Å². The van der Waals surface area contributed by atoms with Crippen molar-refractivity contribution in [3.05, 3.63) is 0 Å². The maximum atomic E-state index is 9.37. The molecule has 1 saturated heterocycles. The molecule has 4 atom stereocenters. The van der Waals surface area contributed by atoms with Crippen LogP contribution in [0.5, 0.6) is 0 Å². The van der Waals surface area contributed by atoms with Gasteiger partial charge in [-0.2, -0.15) is 5.06 Å². The van der Waals surface area contributed by atoms with Gasteiger partial charge in [-0.1, -0.05) is 0 Å². The molecule has 7 nitrogen and oxygen atoms in total. The van der Waals surface area contributed by atoms with Gasteiger partial charge < -0.3 is 30.7 Å². The molecular weight excluding hydrogens is 194 g/mol. The van der Waals surface area contributed by atoms with E-state index in [1.165, 1.54) is 0 Å². The van der Waals surface area contributed by atoms with Crippen molar-refractivity contribution in [3.8, 4) is 0 Å². The second kappa shape index (κ2) is 4.49. The summed E-state index contributed by atoms with van der Waals surface area (Å²) in [5, 5.41) is 55.5. The molecule has 1 rings (SSSR count). The van der Waals surface area contributed by atoms with E-state index in [4.69, 9.17) is 10.2 Å². The number of hydroxylamine groups is 2. The van der Waals surface area contributed by atoms with E-state index in [0.29, 0.717) is 5.06 Å². The van der Waals surface area contributed by atoms with Crippen molar-refractivity contribution in [1.29, 1.82) is 0 Å². The third-order valence-corrected chi connectivity index (χ3v) is 2.54. The highest BCUT2D eigenvalue weighted by Gasteiger charge is 2.46. The van der Waals surface area contributed by atoms with Crippen LogP contribution in [0.2, 0.25) is 0 Å². The third-order valence-electron chi connectivity index (χ3n) is 2.54. The first kappa shape index (κ1) is 11.8. The molecule has 0 amide bonds. The first-order chi connectivity index (χ1) is 6.54. The van der Waals surface area contributed by atoms with E-state index in [1.807, 2.05) is 0 Å². The number of nitrogens with zero attached hydrogens (tertiary/aromatic N) is 1. The van der Waals surface area contributed by atoms with Crippen molar-refractivity contribution >= 4 is 0 Å². The number of rotatable bonds is 2. The Bertz CT molecular complexity index is 173. The molecule has 6 N–H and O–H groups in total. The molecule has 0 aromatic rings. The topological polar surface area (TPSA) is 125 Å². The van der Waals surface area contributed by atoms with Crippen molar-refractivity contribution in [2.75, 3.05) is 13.2 Å². The summed E-state index contributed by atoms with van der Waals surface area (Å²) in [6.07, 6.45) is -4.40. The lowest BCUT2D eigenvalue weighted by Crippen LogP contribution is -2.67. The molecule has 0 aliphatic carbocycles. The van der Waals surface area contributed by atoms with Crippen molar-refractivity contribution in [3.63, 3.8) is 0 Å². The Hall–Kier alpha value is -0.280. The van der Waals surface area contributed by atoms with Gasteiger partial charge in [0.2, 0.25) is 0 Å². The van der Waals surface area contributed by atoms with E-state index < -0.39 is 43.6 Å². The van der Waals surface area contributed by atoms with Crippen LogP contribution in [0.4, 0.5) is 0 Å². The third kappa shape index (κ3) is 1.75. The fourth-order valence-electron chi connectivity index (χ4n) is 1.60. The Morgan fingerprint density at radius 2 is 1.14 bits per heavy atom.